The SMILES string of the molecule is CCNC(C)(C#N)CN1CCC(C(F)(F)F)CC1. The molecule has 0 aliphatic carbocycles. The van der Waals surface area contributed by atoms with Crippen LogP contribution in [0, 0.1) is 17.2 Å². The van der Waals surface area contributed by atoms with Gasteiger partial charge in [0.15, 0.2) is 0 Å². The number of hydrogen-bond acceptors (Lipinski definition) is 3. The average Bonchev–Trinajstić information content (AvgIpc) is 2.29. The van der Waals surface area contributed by atoms with E-state index < -0.39 is 17.6 Å². The molecule has 1 rings (SSSR count). The van der Waals surface area contributed by atoms with Crippen LogP contribution in [0.25, 0.3) is 0 Å². The molecule has 0 bridgehead atoms. The number of likely N-dealkylation sites (tertiary alicyclic amines) is 1. The quantitative estimate of drug-likeness (QED) is 0.844. The van der Waals surface area contributed by atoms with Gasteiger partial charge in [0.2, 0.25) is 0 Å². The fourth-order valence-electron chi connectivity index (χ4n) is 2.39. The van der Waals surface area contributed by atoms with Gasteiger partial charge in [-0.05, 0) is 39.4 Å². The summed E-state index contributed by atoms with van der Waals surface area (Å²) in [6.45, 7) is 5.66. The Morgan fingerprint density at radius 3 is 2.28 bits per heavy atom. The Balaban J connectivity index is 2.47. The van der Waals surface area contributed by atoms with Crippen LogP contribution in [-0.2, 0) is 0 Å². The average molecular weight is 263 g/mol. The van der Waals surface area contributed by atoms with E-state index >= 15 is 0 Å². The molecule has 104 valence electrons. The summed E-state index contributed by atoms with van der Waals surface area (Å²) in [6, 6.07) is 2.19. The van der Waals surface area contributed by atoms with Crippen LogP contribution in [0.5, 0.6) is 0 Å². The second-order valence-corrected chi connectivity index (χ2v) is 5.07. The van der Waals surface area contributed by atoms with E-state index in [4.69, 9.17) is 5.26 Å². The smallest absolute Gasteiger partial charge is 0.300 e. The molecule has 1 saturated heterocycles. The lowest BCUT2D eigenvalue weighted by molar-refractivity contribution is -0.185. The third kappa shape index (κ3) is 4.14. The lowest BCUT2D eigenvalue weighted by Gasteiger charge is -2.36. The van der Waals surface area contributed by atoms with Gasteiger partial charge < -0.3 is 4.90 Å². The van der Waals surface area contributed by atoms with E-state index in [0.29, 0.717) is 26.2 Å². The first-order valence-electron chi connectivity index (χ1n) is 6.26. The number of rotatable bonds is 4. The molecule has 1 atom stereocenters. The molecule has 1 heterocycles. The van der Waals surface area contributed by atoms with Crippen molar-refractivity contribution in [3.8, 4) is 6.07 Å². The van der Waals surface area contributed by atoms with E-state index in [0.717, 1.165) is 0 Å². The first-order chi connectivity index (χ1) is 8.30. The number of likely N-dealkylation sites (N-methyl/N-ethyl adjacent to an activating group) is 1. The van der Waals surface area contributed by atoms with Crippen molar-refractivity contribution in [2.45, 2.75) is 38.4 Å². The van der Waals surface area contributed by atoms with Gasteiger partial charge in [0.05, 0.1) is 12.0 Å². The van der Waals surface area contributed by atoms with E-state index in [-0.39, 0.29) is 12.8 Å². The summed E-state index contributed by atoms with van der Waals surface area (Å²) < 4.78 is 37.5. The minimum absolute atomic E-state index is 0.136. The molecule has 6 heteroatoms. The molecule has 0 aromatic carbocycles. The van der Waals surface area contributed by atoms with E-state index in [2.05, 4.69) is 11.4 Å². The number of alkyl halides is 3. The molecule has 3 nitrogen and oxygen atoms in total. The van der Waals surface area contributed by atoms with E-state index in [1.807, 2.05) is 11.8 Å². The second kappa shape index (κ2) is 5.89. The topological polar surface area (TPSA) is 39.1 Å². The Morgan fingerprint density at radius 1 is 1.33 bits per heavy atom. The lowest BCUT2D eigenvalue weighted by atomic mass is 9.94. The molecule has 0 aromatic rings. The Kier molecular flexibility index (Phi) is 5.00. The number of nitriles is 1. The number of hydrogen-bond donors (Lipinski definition) is 1. The van der Waals surface area contributed by atoms with Gasteiger partial charge in [0.25, 0.3) is 0 Å². The Bertz CT molecular complexity index is 303. The van der Waals surface area contributed by atoms with Crippen molar-refractivity contribution in [3.05, 3.63) is 0 Å². The van der Waals surface area contributed by atoms with Crippen LogP contribution in [-0.4, -0.2) is 42.8 Å². The summed E-state index contributed by atoms with van der Waals surface area (Å²) in [5.74, 6) is -1.18. The van der Waals surface area contributed by atoms with Crippen LogP contribution in [0.4, 0.5) is 13.2 Å². The first kappa shape index (κ1) is 15.3. The van der Waals surface area contributed by atoms with Gasteiger partial charge in [-0.3, -0.25) is 5.32 Å². The van der Waals surface area contributed by atoms with Crippen LogP contribution in [0.1, 0.15) is 26.7 Å². The fourth-order valence-corrected chi connectivity index (χ4v) is 2.39. The summed E-state index contributed by atoms with van der Waals surface area (Å²) in [4.78, 5) is 1.94. The predicted molar refractivity (Wildman–Crippen MR) is 62.9 cm³/mol. The summed E-state index contributed by atoms with van der Waals surface area (Å²) in [5, 5.41) is 12.2. The van der Waals surface area contributed by atoms with Gasteiger partial charge in [0, 0.05) is 6.54 Å². The maximum absolute atomic E-state index is 12.5. The van der Waals surface area contributed by atoms with Crippen LogP contribution >= 0.6 is 0 Å². The lowest BCUT2D eigenvalue weighted by Crippen LogP contribution is -2.52. The fraction of sp³-hybridized carbons (Fsp3) is 0.917. The van der Waals surface area contributed by atoms with Crippen molar-refractivity contribution in [1.82, 2.24) is 10.2 Å². The zero-order chi connectivity index (χ0) is 13.8. The molecular formula is C12H20F3N3. The van der Waals surface area contributed by atoms with Crippen molar-refractivity contribution < 1.29 is 13.2 Å². The Morgan fingerprint density at radius 2 is 1.89 bits per heavy atom. The normalized spacial score (nSPS) is 22.4. The molecule has 1 N–H and O–H groups in total. The maximum atomic E-state index is 12.5. The molecule has 1 aliphatic heterocycles. The Hall–Kier alpha value is -0.800. The van der Waals surface area contributed by atoms with Crippen molar-refractivity contribution in [2.75, 3.05) is 26.2 Å². The van der Waals surface area contributed by atoms with Gasteiger partial charge in [-0.15, -0.1) is 0 Å². The van der Waals surface area contributed by atoms with Crippen LogP contribution in [0.2, 0.25) is 0 Å². The van der Waals surface area contributed by atoms with Gasteiger partial charge in [0.1, 0.15) is 5.54 Å². The first-order valence-corrected chi connectivity index (χ1v) is 6.26. The molecule has 0 saturated carbocycles. The highest BCUT2D eigenvalue weighted by molar-refractivity contribution is 5.05. The zero-order valence-electron chi connectivity index (χ0n) is 10.8. The summed E-state index contributed by atoms with van der Waals surface area (Å²) in [5.41, 5.74) is -0.681. The maximum Gasteiger partial charge on any atom is 0.391 e. The third-order valence-corrected chi connectivity index (χ3v) is 3.40. The number of halogens is 3. The van der Waals surface area contributed by atoms with E-state index in [9.17, 15) is 13.2 Å². The minimum atomic E-state index is -4.08. The highest BCUT2D eigenvalue weighted by atomic mass is 19.4. The predicted octanol–water partition coefficient (Wildman–Crippen LogP) is 2.15. The highest BCUT2D eigenvalue weighted by Gasteiger charge is 2.41. The largest absolute Gasteiger partial charge is 0.391 e. The van der Waals surface area contributed by atoms with Crippen LogP contribution < -0.4 is 5.32 Å². The molecule has 0 spiro atoms. The van der Waals surface area contributed by atoms with Crippen molar-refractivity contribution in [2.24, 2.45) is 5.92 Å². The summed E-state index contributed by atoms with van der Waals surface area (Å²) in [7, 11) is 0. The van der Waals surface area contributed by atoms with Gasteiger partial charge in [-0.25, -0.2) is 0 Å². The molecule has 1 unspecified atom stereocenters. The number of nitrogens with zero attached hydrogens (tertiary/aromatic N) is 2. The van der Waals surface area contributed by atoms with Crippen molar-refractivity contribution in [1.29, 1.82) is 5.26 Å². The molecule has 0 aromatic heterocycles. The molecule has 0 amide bonds. The standard InChI is InChI=1S/C12H20F3N3/c1-3-17-11(2,8-16)9-18-6-4-10(5-7-18)12(13,14)15/h10,17H,3-7,9H2,1-2H3. The van der Waals surface area contributed by atoms with E-state index in [1.54, 1.807) is 6.92 Å². The van der Waals surface area contributed by atoms with Crippen LogP contribution in [0.3, 0.4) is 0 Å². The van der Waals surface area contributed by atoms with Crippen molar-refractivity contribution in [3.63, 3.8) is 0 Å². The number of nitrogens with one attached hydrogen (secondary N) is 1. The minimum Gasteiger partial charge on any atom is -0.300 e. The molecule has 1 aliphatic rings. The summed E-state index contributed by atoms with van der Waals surface area (Å²) in [6.07, 6.45) is -3.81. The summed E-state index contributed by atoms with van der Waals surface area (Å²) >= 11 is 0. The van der Waals surface area contributed by atoms with Gasteiger partial charge in [-0.2, -0.15) is 18.4 Å². The van der Waals surface area contributed by atoms with Crippen LogP contribution in [0.15, 0.2) is 0 Å². The second-order valence-electron chi connectivity index (χ2n) is 5.07. The highest BCUT2D eigenvalue weighted by Crippen LogP contribution is 2.34. The zero-order valence-corrected chi connectivity index (χ0v) is 10.8. The monoisotopic (exact) mass is 263 g/mol. The molecular weight excluding hydrogens is 243 g/mol. The number of piperidine rings is 1. The molecule has 0 radical (unpaired) electrons. The van der Waals surface area contributed by atoms with Gasteiger partial charge >= 0.3 is 6.18 Å². The third-order valence-electron chi connectivity index (χ3n) is 3.40. The molecule has 1 fully saturated rings. The molecule has 18 heavy (non-hydrogen) atoms. The van der Waals surface area contributed by atoms with Crippen molar-refractivity contribution >= 4 is 0 Å². The van der Waals surface area contributed by atoms with Gasteiger partial charge in [-0.1, -0.05) is 6.92 Å². The Labute approximate surface area is 106 Å². The van der Waals surface area contributed by atoms with E-state index in [1.165, 1.54) is 0 Å².